The van der Waals surface area contributed by atoms with Gasteiger partial charge in [0.25, 0.3) is 0 Å². The normalized spacial score (nSPS) is 12.5. The standard InChI is InChI=1S/C14H20ClNO2S/c1-10(2)7-11(17)8-16-14(18)9-19-13-6-4-3-5-12(13)15/h3-6,10-11,17H,7-9H2,1-2H3,(H,16,18). The van der Waals surface area contributed by atoms with Gasteiger partial charge in [-0.1, -0.05) is 37.6 Å². The number of carbonyl (C=O) groups excluding carboxylic acids is 1. The molecular formula is C14H20ClNO2S. The molecule has 0 aliphatic carbocycles. The van der Waals surface area contributed by atoms with Gasteiger partial charge >= 0.3 is 0 Å². The minimum atomic E-state index is -0.478. The molecule has 0 radical (unpaired) electrons. The fourth-order valence-corrected chi connectivity index (χ4v) is 2.68. The summed E-state index contributed by atoms with van der Waals surface area (Å²) in [5, 5.41) is 13.0. The Morgan fingerprint density at radius 3 is 2.74 bits per heavy atom. The zero-order chi connectivity index (χ0) is 14.3. The molecule has 0 saturated carbocycles. The van der Waals surface area contributed by atoms with Crippen LogP contribution in [0, 0.1) is 5.92 Å². The van der Waals surface area contributed by atoms with Gasteiger partial charge in [-0.15, -0.1) is 11.8 Å². The van der Waals surface area contributed by atoms with Crippen LogP contribution in [0.2, 0.25) is 5.02 Å². The minimum Gasteiger partial charge on any atom is -0.391 e. The third kappa shape index (κ3) is 6.85. The minimum absolute atomic E-state index is 0.0901. The summed E-state index contributed by atoms with van der Waals surface area (Å²) in [5.41, 5.74) is 0. The predicted octanol–water partition coefficient (Wildman–Crippen LogP) is 2.96. The highest BCUT2D eigenvalue weighted by molar-refractivity contribution is 8.00. The summed E-state index contributed by atoms with van der Waals surface area (Å²) in [6.07, 6.45) is 0.215. The molecule has 1 rings (SSSR count). The molecule has 0 fully saturated rings. The first-order valence-corrected chi connectivity index (χ1v) is 7.67. The van der Waals surface area contributed by atoms with Gasteiger partial charge in [0, 0.05) is 11.4 Å². The molecule has 0 heterocycles. The average molecular weight is 302 g/mol. The largest absolute Gasteiger partial charge is 0.391 e. The van der Waals surface area contributed by atoms with Gasteiger partial charge in [0.2, 0.25) is 5.91 Å². The van der Waals surface area contributed by atoms with E-state index >= 15 is 0 Å². The van der Waals surface area contributed by atoms with Gasteiger partial charge in [0.1, 0.15) is 0 Å². The average Bonchev–Trinajstić information content (AvgIpc) is 2.34. The quantitative estimate of drug-likeness (QED) is 0.761. The molecule has 106 valence electrons. The van der Waals surface area contributed by atoms with E-state index in [0.29, 0.717) is 29.7 Å². The van der Waals surface area contributed by atoms with Crippen LogP contribution in [0.25, 0.3) is 0 Å². The van der Waals surface area contributed by atoms with Crippen molar-refractivity contribution in [2.24, 2.45) is 5.92 Å². The van der Waals surface area contributed by atoms with Gasteiger partial charge in [0.05, 0.1) is 16.9 Å². The first kappa shape index (κ1) is 16.3. The van der Waals surface area contributed by atoms with Crippen LogP contribution in [0.15, 0.2) is 29.2 Å². The number of benzene rings is 1. The third-order valence-corrected chi connectivity index (χ3v) is 3.99. The number of amides is 1. The van der Waals surface area contributed by atoms with Gasteiger partial charge in [-0.2, -0.15) is 0 Å². The topological polar surface area (TPSA) is 49.3 Å². The Hall–Kier alpha value is -0.710. The number of nitrogens with one attached hydrogen (secondary N) is 1. The predicted molar refractivity (Wildman–Crippen MR) is 80.6 cm³/mol. The second-order valence-electron chi connectivity index (χ2n) is 4.81. The van der Waals surface area contributed by atoms with Gasteiger partial charge in [-0.05, 0) is 24.5 Å². The van der Waals surface area contributed by atoms with Crippen LogP contribution in [-0.2, 0) is 4.79 Å². The van der Waals surface area contributed by atoms with E-state index in [2.05, 4.69) is 5.32 Å². The summed E-state index contributed by atoms with van der Waals surface area (Å²) in [7, 11) is 0. The monoisotopic (exact) mass is 301 g/mol. The number of carbonyl (C=O) groups is 1. The number of thioether (sulfide) groups is 1. The summed E-state index contributed by atoms with van der Waals surface area (Å²) < 4.78 is 0. The Bertz CT molecular complexity index is 412. The molecule has 1 aromatic carbocycles. The van der Waals surface area contributed by atoms with Gasteiger partial charge in [-0.3, -0.25) is 4.79 Å². The summed E-state index contributed by atoms with van der Waals surface area (Å²) in [5.74, 6) is 0.634. The van der Waals surface area contributed by atoms with Crippen molar-refractivity contribution in [1.29, 1.82) is 0 Å². The van der Waals surface area contributed by atoms with Crippen molar-refractivity contribution in [2.75, 3.05) is 12.3 Å². The Morgan fingerprint density at radius 2 is 2.11 bits per heavy atom. The van der Waals surface area contributed by atoms with Crippen molar-refractivity contribution in [2.45, 2.75) is 31.3 Å². The Balaban J connectivity index is 2.27. The second kappa shape index (κ2) is 8.46. The van der Waals surface area contributed by atoms with Crippen molar-refractivity contribution in [1.82, 2.24) is 5.32 Å². The first-order chi connectivity index (χ1) is 8.99. The fraction of sp³-hybridized carbons (Fsp3) is 0.500. The van der Waals surface area contributed by atoms with Crippen molar-refractivity contribution < 1.29 is 9.90 Å². The lowest BCUT2D eigenvalue weighted by Crippen LogP contribution is -2.33. The Kier molecular flexibility index (Phi) is 7.28. The molecule has 3 nitrogen and oxygen atoms in total. The van der Waals surface area contributed by atoms with E-state index in [1.807, 2.05) is 32.0 Å². The summed E-state index contributed by atoms with van der Waals surface area (Å²) in [6.45, 7) is 4.39. The zero-order valence-electron chi connectivity index (χ0n) is 11.2. The molecule has 5 heteroatoms. The molecule has 0 aromatic heterocycles. The maximum absolute atomic E-state index is 11.6. The van der Waals surface area contributed by atoms with Gasteiger partial charge in [0.15, 0.2) is 0 Å². The van der Waals surface area contributed by atoms with E-state index < -0.39 is 6.10 Å². The molecule has 1 aromatic rings. The molecule has 0 aliphatic heterocycles. The van der Waals surface area contributed by atoms with Gasteiger partial charge < -0.3 is 10.4 Å². The lowest BCUT2D eigenvalue weighted by molar-refractivity contribution is -0.119. The van der Waals surface area contributed by atoms with Crippen LogP contribution in [0.4, 0.5) is 0 Å². The highest BCUT2D eigenvalue weighted by Crippen LogP contribution is 2.26. The molecule has 2 N–H and O–H groups in total. The summed E-state index contributed by atoms with van der Waals surface area (Å²) in [4.78, 5) is 12.5. The van der Waals surface area contributed by atoms with Crippen molar-refractivity contribution in [3.8, 4) is 0 Å². The number of aliphatic hydroxyl groups excluding tert-OH is 1. The number of hydrogen-bond donors (Lipinski definition) is 2. The fourth-order valence-electron chi connectivity index (χ4n) is 1.62. The highest BCUT2D eigenvalue weighted by Gasteiger charge is 2.10. The van der Waals surface area contributed by atoms with Crippen LogP contribution in [0.3, 0.4) is 0 Å². The molecular weight excluding hydrogens is 282 g/mol. The molecule has 1 unspecified atom stereocenters. The van der Waals surface area contributed by atoms with E-state index in [4.69, 9.17) is 11.6 Å². The van der Waals surface area contributed by atoms with Crippen LogP contribution >= 0.6 is 23.4 Å². The first-order valence-electron chi connectivity index (χ1n) is 6.31. The summed E-state index contributed by atoms with van der Waals surface area (Å²) >= 11 is 7.40. The SMILES string of the molecule is CC(C)CC(O)CNC(=O)CSc1ccccc1Cl. The molecule has 0 bridgehead atoms. The number of rotatable bonds is 7. The molecule has 1 atom stereocenters. The Labute approximate surface area is 123 Å². The van der Waals surface area contributed by atoms with Crippen LogP contribution in [0.1, 0.15) is 20.3 Å². The smallest absolute Gasteiger partial charge is 0.230 e. The molecule has 19 heavy (non-hydrogen) atoms. The lowest BCUT2D eigenvalue weighted by Gasteiger charge is -2.13. The second-order valence-corrected chi connectivity index (χ2v) is 6.23. The summed E-state index contributed by atoms with van der Waals surface area (Å²) in [6, 6.07) is 7.43. The number of hydrogen-bond acceptors (Lipinski definition) is 3. The van der Waals surface area contributed by atoms with Gasteiger partial charge in [-0.25, -0.2) is 0 Å². The van der Waals surface area contributed by atoms with E-state index in [9.17, 15) is 9.90 Å². The molecule has 0 aliphatic rings. The van der Waals surface area contributed by atoms with E-state index in [1.54, 1.807) is 6.07 Å². The molecule has 0 saturated heterocycles. The van der Waals surface area contributed by atoms with Crippen molar-refractivity contribution >= 4 is 29.3 Å². The van der Waals surface area contributed by atoms with E-state index in [1.165, 1.54) is 11.8 Å². The van der Waals surface area contributed by atoms with Crippen molar-refractivity contribution in [3.05, 3.63) is 29.3 Å². The van der Waals surface area contributed by atoms with E-state index in [-0.39, 0.29) is 5.91 Å². The third-order valence-electron chi connectivity index (χ3n) is 2.47. The highest BCUT2D eigenvalue weighted by atomic mass is 35.5. The van der Waals surface area contributed by atoms with Crippen LogP contribution in [-0.4, -0.2) is 29.4 Å². The molecule has 0 spiro atoms. The van der Waals surface area contributed by atoms with Crippen molar-refractivity contribution in [3.63, 3.8) is 0 Å². The van der Waals surface area contributed by atoms with E-state index in [0.717, 1.165) is 4.90 Å². The van der Waals surface area contributed by atoms with Crippen LogP contribution in [0.5, 0.6) is 0 Å². The maximum Gasteiger partial charge on any atom is 0.230 e. The molecule has 1 amide bonds. The van der Waals surface area contributed by atoms with Crippen LogP contribution < -0.4 is 5.32 Å². The number of aliphatic hydroxyl groups is 1. The maximum atomic E-state index is 11.6. The Morgan fingerprint density at radius 1 is 1.42 bits per heavy atom. The zero-order valence-corrected chi connectivity index (χ0v) is 12.8. The number of halogens is 1. The lowest BCUT2D eigenvalue weighted by atomic mass is 10.1.